The van der Waals surface area contributed by atoms with Crippen LogP contribution in [0, 0.1) is 11.5 Å². The van der Waals surface area contributed by atoms with Gasteiger partial charge in [0.05, 0.1) is 0 Å². The van der Waals surface area contributed by atoms with Crippen LogP contribution in [0.25, 0.3) is 5.78 Å². The summed E-state index contributed by atoms with van der Waals surface area (Å²) in [5.41, 5.74) is 5.82. The van der Waals surface area contributed by atoms with Crippen molar-refractivity contribution in [3.8, 4) is 6.19 Å². The molecule has 0 aliphatic heterocycles. The van der Waals surface area contributed by atoms with Crippen LogP contribution in [0.3, 0.4) is 0 Å². The number of hydrogen-bond acceptors (Lipinski definition) is 7. The Balaban J connectivity index is 2.76. The second-order valence-corrected chi connectivity index (χ2v) is 2.51. The molecule has 0 aromatic carbocycles. The molecule has 0 atom stereocenters. The molecular weight excluding hydrogens is 210 g/mol. The van der Waals surface area contributed by atoms with Gasteiger partial charge in [-0.3, -0.25) is 0 Å². The minimum atomic E-state index is 0.148. The van der Waals surface area contributed by atoms with Crippen LogP contribution >= 0.6 is 0 Å². The molecule has 0 spiro atoms. The fourth-order valence-electron chi connectivity index (χ4n) is 1.03. The average Bonchev–Trinajstić information content (AvgIpc) is 2.30. The third-order valence-corrected chi connectivity index (χ3v) is 1.63. The van der Waals surface area contributed by atoms with Gasteiger partial charge < -0.3 is 5.73 Å². The Labute approximate surface area is 88.7 Å². The van der Waals surface area contributed by atoms with E-state index in [4.69, 9.17) is 11.0 Å². The van der Waals surface area contributed by atoms with Gasteiger partial charge in [0.1, 0.15) is 19.0 Å². The molecular formula is C7H5N9. The number of nitrogen functional groups attached to an aromatic ring is 1. The van der Waals surface area contributed by atoms with E-state index in [1.165, 1.54) is 17.1 Å². The summed E-state index contributed by atoms with van der Waals surface area (Å²) in [6.45, 7) is 0. The number of anilines is 1. The van der Waals surface area contributed by atoms with E-state index in [0.717, 1.165) is 6.34 Å². The maximum atomic E-state index is 8.22. The summed E-state index contributed by atoms with van der Waals surface area (Å²) >= 11 is 0. The number of aliphatic imine (C=N–C) groups is 1. The number of fused-ring (bicyclic) bond motifs is 1. The van der Waals surface area contributed by atoms with Gasteiger partial charge >= 0.3 is 0 Å². The monoisotopic (exact) mass is 215 g/mol. The van der Waals surface area contributed by atoms with Crippen LogP contribution in [0.15, 0.2) is 22.6 Å². The van der Waals surface area contributed by atoms with Crippen molar-refractivity contribution in [1.29, 1.82) is 5.26 Å². The van der Waals surface area contributed by atoms with E-state index < -0.39 is 0 Å². The molecule has 9 heteroatoms. The summed E-state index contributed by atoms with van der Waals surface area (Å²) in [7, 11) is 0. The van der Waals surface area contributed by atoms with E-state index in [1.54, 1.807) is 6.19 Å². The van der Waals surface area contributed by atoms with E-state index in [9.17, 15) is 0 Å². The minimum Gasteiger partial charge on any atom is -0.369 e. The first kappa shape index (κ1) is 9.66. The Morgan fingerprint density at radius 3 is 2.81 bits per heavy atom. The van der Waals surface area contributed by atoms with Crippen molar-refractivity contribution in [2.75, 3.05) is 5.73 Å². The van der Waals surface area contributed by atoms with Gasteiger partial charge in [-0.05, 0) is 0 Å². The highest BCUT2D eigenvalue weighted by Crippen LogP contribution is 1.93. The van der Waals surface area contributed by atoms with Gasteiger partial charge in [-0.2, -0.15) is 15.2 Å². The van der Waals surface area contributed by atoms with E-state index in [-0.39, 0.29) is 11.6 Å². The van der Waals surface area contributed by atoms with Crippen molar-refractivity contribution in [3.05, 3.63) is 18.3 Å². The first-order valence-corrected chi connectivity index (χ1v) is 4.07. The molecule has 16 heavy (non-hydrogen) atoms. The maximum absolute atomic E-state index is 8.22. The summed E-state index contributed by atoms with van der Waals surface area (Å²) in [6, 6.07) is 0. The number of hydrogen-bond donors (Lipinski definition) is 1. The number of aromatic nitrogens is 5. The highest BCUT2D eigenvalue weighted by Gasteiger charge is 2.00. The van der Waals surface area contributed by atoms with Gasteiger partial charge in [-0.15, -0.1) is 0 Å². The normalized spacial score (nSPS) is 12.1. The molecule has 0 fully saturated rings. The first-order chi connectivity index (χ1) is 7.83. The lowest BCUT2D eigenvalue weighted by molar-refractivity contribution is 0.864. The standard InChI is InChI=1S/C7H5N9/c8-1-10-2-12-6-14-4-15-7-13-3-11-5(9)16(6)7/h2-4H,(H2,9,10,11,12,13,14,15). The molecule has 2 heterocycles. The minimum absolute atomic E-state index is 0.148. The lowest BCUT2D eigenvalue weighted by Gasteiger charge is -2.00. The topological polar surface area (TPSA) is 130 Å². The van der Waals surface area contributed by atoms with Gasteiger partial charge in [0.2, 0.25) is 23.5 Å². The average molecular weight is 215 g/mol. The summed E-state index contributed by atoms with van der Waals surface area (Å²) in [6.07, 6.45) is 5.18. The van der Waals surface area contributed by atoms with Crippen molar-refractivity contribution in [2.24, 2.45) is 9.98 Å². The fourth-order valence-corrected chi connectivity index (χ4v) is 1.03. The molecule has 78 valence electrons. The summed E-state index contributed by atoms with van der Waals surface area (Å²) in [4.78, 5) is 22.5. The largest absolute Gasteiger partial charge is 0.369 e. The highest BCUT2D eigenvalue weighted by molar-refractivity contribution is 5.56. The molecule has 0 amide bonds. The predicted molar refractivity (Wildman–Crippen MR) is 52.7 cm³/mol. The smallest absolute Gasteiger partial charge is 0.242 e. The fraction of sp³-hybridized carbons (Fsp3) is 0. The molecule has 2 aromatic rings. The molecule has 0 aliphatic carbocycles. The Bertz CT molecular complexity index is 641. The lowest BCUT2D eigenvalue weighted by Crippen LogP contribution is -2.23. The predicted octanol–water partition coefficient (Wildman–Crippen LogP) is -1.49. The van der Waals surface area contributed by atoms with Crippen molar-refractivity contribution in [1.82, 2.24) is 24.3 Å². The molecule has 0 saturated heterocycles. The molecule has 0 radical (unpaired) electrons. The molecule has 0 aliphatic rings. The quantitative estimate of drug-likeness (QED) is 0.350. The number of nitrogens with zero attached hydrogens (tertiary/aromatic N) is 8. The zero-order valence-corrected chi connectivity index (χ0v) is 7.89. The highest BCUT2D eigenvalue weighted by atomic mass is 15.2. The van der Waals surface area contributed by atoms with Crippen LogP contribution < -0.4 is 11.4 Å². The third kappa shape index (κ3) is 1.67. The second-order valence-electron chi connectivity index (χ2n) is 2.51. The number of nitriles is 1. The Morgan fingerprint density at radius 2 is 2.06 bits per heavy atom. The van der Waals surface area contributed by atoms with Gasteiger partial charge in [0, 0.05) is 0 Å². The maximum Gasteiger partial charge on any atom is 0.242 e. The second kappa shape index (κ2) is 4.09. The summed E-state index contributed by atoms with van der Waals surface area (Å²) < 4.78 is 1.34. The van der Waals surface area contributed by atoms with Crippen molar-refractivity contribution in [2.45, 2.75) is 0 Å². The first-order valence-electron chi connectivity index (χ1n) is 4.07. The molecule has 0 unspecified atom stereocenters. The molecule has 2 N–H and O–H groups in total. The summed E-state index contributed by atoms with van der Waals surface area (Å²) in [5, 5.41) is 8.22. The van der Waals surface area contributed by atoms with Crippen LogP contribution in [-0.2, 0) is 0 Å². The number of nitrogens with two attached hydrogens (primary N) is 1. The van der Waals surface area contributed by atoms with E-state index in [1.807, 2.05) is 0 Å². The molecule has 0 saturated carbocycles. The molecule has 2 aromatic heterocycles. The Kier molecular flexibility index (Phi) is 2.47. The molecule has 0 bridgehead atoms. The van der Waals surface area contributed by atoms with Gasteiger partial charge in [0.15, 0.2) is 0 Å². The van der Waals surface area contributed by atoms with Gasteiger partial charge in [0.25, 0.3) is 0 Å². The van der Waals surface area contributed by atoms with Crippen molar-refractivity contribution in [3.63, 3.8) is 0 Å². The van der Waals surface area contributed by atoms with Crippen LogP contribution in [0.1, 0.15) is 0 Å². The lowest BCUT2D eigenvalue weighted by atomic mass is 10.8. The Hall–Kier alpha value is -2.89. The van der Waals surface area contributed by atoms with Crippen LogP contribution in [0.2, 0.25) is 0 Å². The van der Waals surface area contributed by atoms with Crippen LogP contribution in [-0.4, -0.2) is 30.7 Å². The van der Waals surface area contributed by atoms with E-state index in [2.05, 4.69) is 29.9 Å². The van der Waals surface area contributed by atoms with Crippen molar-refractivity contribution >= 4 is 18.1 Å². The van der Waals surface area contributed by atoms with Gasteiger partial charge in [-0.1, -0.05) is 0 Å². The third-order valence-electron chi connectivity index (χ3n) is 1.63. The van der Waals surface area contributed by atoms with E-state index in [0.29, 0.717) is 5.78 Å². The van der Waals surface area contributed by atoms with Gasteiger partial charge in [-0.25, -0.2) is 24.3 Å². The zero-order chi connectivity index (χ0) is 11.4. The Morgan fingerprint density at radius 1 is 1.31 bits per heavy atom. The SMILES string of the molecule is N#CN=CN=c1ncnc2ncnc(N)n12. The van der Waals surface area contributed by atoms with Crippen LogP contribution in [0.4, 0.5) is 5.95 Å². The van der Waals surface area contributed by atoms with E-state index >= 15 is 0 Å². The molecule has 2 rings (SSSR count). The van der Waals surface area contributed by atoms with Crippen LogP contribution in [0.5, 0.6) is 0 Å². The van der Waals surface area contributed by atoms with Crippen molar-refractivity contribution < 1.29 is 0 Å². The summed E-state index contributed by atoms with van der Waals surface area (Å²) in [5.74, 6) is 0.460. The molecule has 9 nitrogen and oxygen atoms in total. The zero-order valence-electron chi connectivity index (χ0n) is 7.89. The number of rotatable bonds is 1.